The number of fused-ring (bicyclic) bond motifs is 1. The highest BCUT2D eigenvalue weighted by molar-refractivity contribution is 5.93. The Labute approximate surface area is 119 Å². The predicted octanol–water partition coefficient (Wildman–Crippen LogP) is 4.41. The molecule has 0 amide bonds. The molecular weight excluding hydrogens is 246 g/mol. The van der Waals surface area contributed by atoms with Crippen LogP contribution in [-0.4, -0.2) is 10.7 Å². The van der Waals surface area contributed by atoms with Gasteiger partial charge in [0.25, 0.3) is 0 Å². The monoisotopic (exact) mass is 267 g/mol. The molecule has 3 rings (SSSR count). The van der Waals surface area contributed by atoms with Crippen LogP contribution in [0.5, 0.6) is 0 Å². The summed E-state index contributed by atoms with van der Waals surface area (Å²) < 4.78 is 0. The fraction of sp³-hybridized carbons (Fsp3) is 0.412. The van der Waals surface area contributed by atoms with Gasteiger partial charge >= 0.3 is 0 Å². The Morgan fingerprint density at radius 2 is 2.10 bits per heavy atom. The maximum absolute atomic E-state index is 6.09. The summed E-state index contributed by atoms with van der Waals surface area (Å²) in [4.78, 5) is 9.20. The third-order valence-corrected chi connectivity index (χ3v) is 4.06. The summed E-state index contributed by atoms with van der Waals surface area (Å²) in [6.07, 6.45) is 5.11. The quantitative estimate of drug-likeness (QED) is 0.834. The molecule has 0 bridgehead atoms. The molecule has 3 nitrogen and oxygen atoms in total. The normalized spacial score (nSPS) is 15.8. The second-order valence-corrected chi connectivity index (χ2v) is 5.82. The number of nitrogens with two attached hydrogens (primary N) is 1. The molecule has 0 unspecified atom stereocenters. The lowest BCUT2D eigenvalue weighted by molar-refractivity contribution is 0.757. The zero-order valence-corrected chi connectivity index (χ0v) is 12.2. The zero-order valence-electron chi connectivity index (χ0n) is 12.2. The number of hydrogen-bond acceptors (Lipinski definition) is 3. The van der Waals surface area contributed by atoms with E-state index >= 15 is 0 Å². The summed E-state index contributed by atoms with van der Waals surface area (Å²) in [5.41, 5.74) is 10.2. The third kappa shape index (κ3) is 2.67. The maximum Gasteiger partial charge on any atom is 0.150 e. The van der Waals surface area contributed by atoms with Gasteiger partial charge in [-0.05, 0) is 44.2 Å². The van der Waals surface area contributed by atoms with Crippen molar-refractivity contribution in [1.29, 1.82) is 0 Å². The minimum Gasteiger partial charge on any atom is -0.382 e. The fourth-order valence-electron chi connectivity index (χ4n) is 2.60. The maximum atomic E-state index is 6.09. The van der Waals surface area contributed by atoms with Gasteiger partial charge in [-0.2, -0.15) is 0 Å². The Morgan fingerprint density at radius 1 is 1.35 bits per heavy atom. The molecule has 3 heteroatoms. The van der Waals surface area contributed by atoms with Crippen molar-refractivity contribution in [2.75, 3.05) is 5.73 Å². The number of nitrogens with zero attached hydrogens (tertiary/aromatic N) is 2. The van der Waals surface area contributed by atoms with E-state index in [4.69, 9.17) is 10.7 Å². The van der Waals surface area contributed by atoms with Crippen LogP contribution in [0.25, 0.3) is 10.9 Å². The first-order valence-electron chi connectivity index (χ1n) is 7.34. The number of aryl methyl sites for hydroxylation is 1. The van der Waals surface area contributed by atoms with Gasteiger partial charge < -0.3 is 5.73 Å². The van der Waals surface area contributed by atoms with E-state index in [1.165, 1.54) is 19.3 Å². The number of para-hydroxylation sites is 1. The van der Waals surface area contributed by atoms with Gasteiger partial charge in [-0.1, -0.05) is 31.0 Å². The summed E-state index contributed by atoms with van der Waals surface area (Å²) >= 11 is 0. The molecule has 0 atom stereocenters. The summed E-state index contributed by atoms with van der Waals surface area (Å²) in [5, 5.41) is 1.13. The number of nitrogen functional groups attached to an aromatic ring is 1. The Balaban J connectivity index is 1.95. The van der Waals surface area contributed by atoms with Crippen LogP contribution in [-0.2, 0) is 0 Å². The lowest BCUT2D eigenvalue weighted by atomic mass is 10.1. The second kappa shape index (κ2) is 5.23. The van der Waals surface area contributed by atoms with E-state index in [-0.39, 0.29) is 0 Å². The first-order chi connectivity index (χ1) is 9.65. The number of benzene rings is 1. The van der Waals surface area contributed by atoms with Crippen LogP contribution in [0.4, 0.5) is 11.5 Å². The molecule has 104 valence electrons. The van der Waals surface area contributed by atoms with Crippen molar-refractivity contribution in [1.82, 2.24) is 4.98 Å². The number of rotatable bonds is 4. The summed E-state index contributed by atoms with van der Waals surface area (Å²) in [7, 11) is 0. The first kappa shape index (κ1) is 13.1. The van der Waals surface area contributed by atoms with E-state index in [1.54, 1.807) is 0 Å². The number of anilines is 1. The molecule has 1 aliphatic rings. The molecule has 20 heavy (non-hydrogen) atoms. The topological polar surface area (TPSA) is 51.3 Å². The number of aromatic nitrogens is 1. The SMILES string of the molecule is C/C(CCC1CC1)=N\c1c(N)nc2ccccc2c1C. The first-order valence-corrected chi connectivity index (χ1v) is 7.34. The smallest absolute Gasteiger partial charge is 0.150 e. The molecule has 1 aliphatic carbocycles. The minimum atomic E-state index is 0.534. The van der Waals surface area contributed by atoms with Crippen molar-refractivity contribution in [3.05, 3.63) is 29.8 Å². The van der Waals surface area contributed by atoms with Crippen molar-refractivity contribution in [2.45, 2.75) is 39.5 Å². The summed E-state index contributed by atoms with van der Waals surface area (Å²) in [5.74, 6) is 1.47. The van der Waals surface area contributed by atoms with E-state index in [0.717, 1.165) is 40.2 Å². The van der Waals surface area contributed by atoms with E-state index in [0.29, 0.717) is 5.82 Å². The molecule has 1 fully saturated rings. The minimum absolute atomic E-state index is 0.534. The summed E-state index contributed by atoms with van der Waals surface area (Å²) in [6, 6.07) is 8.08. The van der Waals surface area contributed by atoms with Gasteiger partial charge in [0.1, 0.15) is 11.5 Å². The van der Waals surface area contributed by atoms with Crippen LogP contribution < -0.4 is 5.73 Å². The van der Waals surface area contributed by atoms with Gasteiger partial charge in [-0.25, -0.2) is 4.98 Å². The van der Waals surface area contributed by atoms with Crippen molar-refractivity contribution < 1.29 is 0 Å². The van der Waals surface area contributed by atoms with Crippen LogP contribution in [0.3, 0.4) is 0 Å². The molecule has 0 radical (unpaired) electrons. The lowest BCUT2D eigenvalue weighted by Crippen LogP contribution is -1.98. The lowest BCUT2D eigenvalue weighted by Gasteiger charge is -2.09. The van der Waals surface area contributed by atoms with Crippen molar-refractivity contribution >= 4 is 28.1 Å². The molecule has 0 aliphatic heterocycles. The average Bonchev–Trinajstić information content (AvgIpc) is 3.25. The Hall–Kier alpha value is -1.90. The third-order valence-electron chi connectivity index (χ3n) is 4.06. The molecule has 2 aromatic rings. The van der Waals surface area contributed by atoms with Crippen molar-refractivity contribution in [2.24, 2.45) is 10.9 Å². The highest BCUT2D eigenvalue weighted by Gasteiger charge is 2.20. The number of hydrogen-bond donors (Lipinski definition) is 1. The number of aliphatic imine (C=N–C) groups is 1. The van der Waals surface area contributed by atoms with Crippen LogP contribution >= 0.6 is 0 Å². The predicted molar refractivity (Wildman–Crippen MR) is 85.6 cm³/mol. The van der Waals surface area contributed by atoms with Crippen molar-refractivity contribution in [3.63, 3.8) is 0 Å². The molecule has 2 N–H and O–H groups in total. The van der Waals surface area contributed by atoms with Crippen LogP contribution in [0.15, 0.2) is 29.3 Å². The van der Waals surface area contributed by atoms with E-state index < -0.39 is 0 Å². The Morgan fingerprint density at radius 3 is 2.85 bits per heavy atom. The van der Waals surface area contributed by atoms with Gasteiger partial charge in [-0.3, -0.25) is 4.99 Å². The van der Waals surface area contributed by atoms with Gasteiger partial charge in [0.15, 0.2) is 0 Å². The largest absolute Gasteiger partial charge is 0.382 e. The Kier molecular flexibility index (Phi) is 3.43. The van der Waals surface area contributed by atoms with E-state index in [1.807, 2.05) is 18.2 Å². The highest BCUT2D eigenvalue weighted by atomic mass is 14.9. The molecule has 1 aromatic heterocycles. The molecule has 1 aromatic carbocycles. The average molecular weight is 267 g/mol. The highest BCUT2D eigenvalue weighted by Crippen LogP contribution is 2.35. The number of pyridine rings is 1. The molecule has 0 spiro atoms. The van der Waals surface area contributed by atoms with Crippen LogP contribution in [0, 0.1) is 12.8 Å². The standard InChI is InChI=1S/C17H21N3/c1-11(7-8-13-9-10-13)19-16-12(2)14-5-3-4-6-15(14)20-17(16)18/h3-6,13H,7-10H2,1-2H3,(H2,18,20)/b19-11+. The zero-order chi connectivity index (χ0) is 14.1. The second-order valence-electron chi connectivity index (χ2n) is 5.82. The Bertz CT molecular complexity index is 669. The van der Waals surface area contributed by atoms with Crippen LogP contribution in [0.2, 0.25) is 0 Å². The van der Waals surface area contributed by atoms with Gasteiger partial charge in [-0.15, -0.1) is 0 Å². The van der Waals surface area contributed by atoms with Gasteiger partial charge in [0.2, 0.25) is 0 Å². The van der Waals surface area contributed by atoms with Crippen LogP contribution in [0.1, 0.15) is 38.2 Å². The summed E-state index contributed by atoms with van der Waals surface area (Å²) in [6.45, 7) is 4.17. The van der Waals surface area contributed by atoms with Gasteiger partial charge in [0.05, 0.1) is 5.52 Å². The van der Waals surface area contributed by atoms with Gasteiger partial charge in [0, 0.05) is 11.1 Å². The van der Waals surface area contributed by atoms with E-state index in [9.17, 15) is 0 Å². The molecular formula is C17H21N3. The molecule has 0 saturated heterocycles. The molecule has 1 saturated carbocycles. The molecule has 1 heterocycles. The van der Waals surface area contributed by atoms with E-state index in [2.05, 4.69) is 24.9 Å². The van der Waals surface area contributed by atoms with Crippen molar-refractivity contribution in [3.8, 4) is 0 Å². The fourth-order valence-corrected chi connectivity index (χ4v) is 2.60.